The first-order valence-electron chi connectivity index (χ1n) is 5.13. The Kier molecular flexibility index (Phi) is 3.22. The van der Waals surface area contributed by atoms with Crippen molar-refractivity contribution in [3.05, 3.63) is 41.3 Å². The molecule has 1 amide bonds. The van der Waals surface area contributed by atoms with Gasteiger partial charge >= 0.3 is 0 Å². The summed E-state index contributed by atoms with van der Waals surface area (Å²) in [5, 5.41) is 15.4. The third-order valence-corrected chi connectivity index (χ3v) is 2.20. The van der Waals surface area contributed by atoms with Crippen LogP contribution in [-0.2, 0) is 6.54 Å². The number of carbonyl (C=O) groups excluding carboxylic acids is 1. The molecule has 2 rings (SSSR count). The Bertz CT molecular complexity index is 562. The number of phenols is 1. The van der Waals surface area contributed by atoms with Crippen LogP contribution in [0.25, 0.3) is 0 Å². The van der Waals surface area contributed by atoms with Gasteiger partial charge in [-0.1, -0.05) is 11.2 Å². The van der Waals surface area contributed by atoms with Gasteiger partial charge < -0.3 is 14.9 Å². The predicted octanol–water partition coefficient (Wildman–Crippen LogP) is 1.15. The summed E-state index contributed by atoms with van der Waals surface area (Å²) in [6, 6.07) is 3.63. The highest BCUT2D eigenvalue weighted by Gasteiger charge is 2.16. The molecule has 0 atom stereocenters. The minimum Gasteiger partial charge on any atom is -0.507 e. The van der Waals surface area contributed by atoms with Crippen LogP contribution in [-0.4, -0.2) is 21.2 Å². The van der Waals surface area contributed by atoms with Crippen molar-refractivity contribution in [3.8, 4) is 5.75 Å². The van der Waals surface area contributed by atoms with Crippen LogP contribution in [0.3, 0.4) is 0 Å². The smallest absolute Gasteiger partial charge is 0.258 e. The molecule has 0 saturated carbocycles. The second-order valence-corrected chi connectivity index (χ2v) is 3.55. The Morgan fingerprint density at radius 1 is 1.56 bits per heavy atom. The van der Waals surface area contributed by atoms with Gasteiger partial charge in [0, 0.05) is 6.92 Å². The van der Waals surface area contributed by atoms with Gasteiger partial charge in [0.25, 0.3) is 5.91 Å². The lowest BCUT2D eigenvalue weighted by Gasteiger charge is -2.05. The minimum atomic E-state index is -0.795. The van der Waals surface area contributed by atoms with Gasteiger partial charge in [0.2, 0.25) is 5.89 Å². The van der Waals surface area contributed by atoms with Crippen molar-refractivity contribution in [2.24, 2.45) is 0 Å². The lowest BCUT2D eigenvalue weighted by atomic mass is 10.1. The van der Waals surface area contributed by atoms with E-state index in [0.29, 0.717) is 5.89 Å². The van der Waals surface area contributed by atoms with Crippen molar-refractivity contribution in [1.82, 2.24) is 15.5 Å². The first-order valence-corrected chi connectivity index (χ1v) is 5.13. The second kappa shape index (κ2) is 4.82. The third-order valence-electron chi connectivity index (χ3n) is 2.20. The summed E-state index contributed by atoms with van der Waals surface area (Å²) in [7, 11) is 0. The van der Waals surface area contributed by atoms with Crippen LogP contribution in [0.1, 0.15) is 22.1 Å². The molecule has 0 saturated heterocycles. The van der Waals surface area contributed by atoms with E-state index in [1.54, 1.807) is 6.92 Å². The summed E-state index contributed by atoms with van der Waals surface area (Å²) < 4.78 is 18.1. The number of hydrogen-bond acceptors (Lipinski definition) is 5. The highest BCUT2D eigenvalue weighted by Crippen LogP contribution is 2.19. The molecule has 0 aliphatic rings. The Balaban J connectivity index is 2.08. The SMILES string of the molecule is Cc1nc(CNC(=O)c2c(O)cccc2F)no1. The Hall–Kier alpha value is -2.44. The van der Waals surface area contributed by atoms with Crippen LogP contribution in [0, 0.1) is 12.7 Å². The Labute approximate surface area is 101 Å². The van der Waals surface area contributed by atoms with Crippen LogP contribution >= 0.6 is 0 Å². The molecule has 6 nitrogen and oxygen atoms in total. The molecule has 2 N–H and O–H groups in total. The summed E-state index contributed by atoms with van der Waals surface area (Å²) in [4.78, 5) is 15.5. The van der Waals surface area contributed by atoms with Crippen molar-refractivity contribution in [1.29, 1.82) is 0 Å². The molecule has 94 valence electrons. The monoisotopic (exact) mass is 251 g/mol. The van der Waals surface area contributed by atoms with E-state index in [1.807, 2.05) is 0 Å². The number of rotatable bonds is 3. The number of phenolic OH excluding ortho intramolecular Hbond substituents is 1. The van der Waals surface area contributed by atoms with Crippen LogP contribution < -0.4 is 5.32 Å². The Morgan fingerprint density at radius 2 is 2.33 bits per heavy atom. The molecule has 7 heteroatoms. The van der Waals surface area contributed by atoms with Gasteiger partial charge in [0.15, 0.2) is 5.82 Å². The number of amides is 1. The summed E-state index contributed by atoms with van der Waals surface area (Å²) in [5.41, 5.74) is -0.405. The zero-order valence-electron chi connectivity index (χ0n) is 9.48. The zero-order chi connectivity index (χ0) is 13.1. The molecule has 0 spiro atoms. The van der Waals surface area contributed by atoms with E-state index in [4.69, 9.17) is 4.52 Å². The third kappa shape index (κ3) is 2.45. The molecule has 0 aliphatic carbocycles. The van der Waals surface area contributed by atoms with Gasteiger partial charge in [-0.2, -0.15) is 4.98 Å². The van der Waals surface area contributed by atoms with E-state index < -0.39 is 23.0 Å². The number of aromatic hydroxyl groups is 1. The summed E-state index contributed by atoms with van der Waals surface area (Å²) in [6.45, 7) is 1.60. The normalized spacial score (nSPS) is 10.3. The molecule has 0 fully saturated rings. The first kappa shape index (κ1) is 12.0. The average Bonchev–Trinajstić information content (AvgIpc) is 2.72. The van der Waals surface area contributed by atoms with Crippen molar-refractivity contribution in [2.45, 2.75) is 13.5 Å². The van der Waals surface area contributed by atoms with Crippen molar-refractivity contribution < 1.29 is 18.8 Å². The van der Waals surface area contributed by atoms with E-state index in [-0.39, 0.29) is 12.4 Å². The molecule has 1 aromatic heterocycles. The second-order valence-electron chi connectivity index (χ2n) is 3.55. The van der Waals surface area contributed by atoms with Crippen molar-refractivity contribution in [2.75, 3.05) is 0 Å². The van der Waals surface area contributed by atoms with E-state index in [9.17, 15) is 14.3 Å². The average molecular weight is 251 g/mol. The zero-order valence-corrected chi connectivity index (χ0v) is 9.48. The maximum Gasteiger partial charge on any atom is 0.258 e. The Morgan fingerprint density at radius 3 is 2.94 bits per heavy atom. The number of nitrogens with zero attached hydrogens (tertiary/aromatic N) is 2. The first-order chi connectivity index (χ1) is 8.58. The minimum absolute atomic E-state index is 0.00997. The predicted molar refractivity (Wildman–Crippen MR) is 58.3 cm³/mol. The van der Waals surface area contributed by atoms with E-state index in [1.165, 1.54) is 12.1 Å². The lowest BCUT2D eigenvalue weighted by Crippen LogP contribution is -2.24. The van der Waals surface area contributed by atoms with Gasteiger partial charge in [-0.3, -0.25) is 4.79 Å². The van der Waals surface area contributed by atoms with Gasteiger partial charge in [-0.15, -0.1) is 0 Å². The standard InChI is InChI=1S/C11H10FN3O3/c1-6-14-9(15-18-6)5-13-11(17)10-7(12)3-2-4-8(10)16/h2-4,16H,5H2,1H3,(H,13,17). The van der Waals surface area contributed by atoms with Crippen LogP contribution in [0.5, 0.6) is 5.75 Å². The molecule has 0 bridgehead atoms. The number of benzene rings is 1. The molecular weight excluding hydrogens is 241 g/mol. The topological polar surface area (TPSA) is 88.2 Å². The summed E-state index contributed by atoms with van der Waals surface area (Å²) in [6.07, 6.45) is 0. The molecule has 0 unspecified atom stereocenters. The maximum atomic E-state index is 13.4. The van der Waals surface area contributed by atoms with Crippen LogP contribution in [0.15, 0.2) is 22.7 Å². The summed E-state index contributed by atoms with van der Waals surface area (Å²) >= 11 is 0. The van der Waals surface area contributed by atoms with E-state index in [2.05, 4.69) is 15.5 Å². The van der Waals surface area contributed by atoms with Crippen LogP contribution in [0.4, 0.5) is 4.39 Å². The number of carbonyl (C=O) groups is 1. The van der Waals surface area contributed by atoms with Gasteiger partial charge in [-0.05, 0) is 12.1 Å². The molecule has 2 aromatic rings. The number of nitrogens with one attached hydrogen (secondary N) is 1. The van der Waals surface area contributed by atoms with Gasteiger partial charge in [-0.25, -0.2) is 4.39 Å². The highest BCUT2D eigenvalue weighted by molar-refractivity contribution is 5.96. The van der Waals surface area contributed by atoms with Gasteiger partial charge in [0.05, 0.1) is 6.54 Å². The molecule has 0 aliphatic heterocycles. The van der Waals surface area contributed by atoms with Crippen molar-refractivity contribution in [3.63, 3.8) is 0 Å². The van der Waals surface area contributed by atoms with Gasteiger partial charge in [0.1, 0.15) is 17.1 Å². The fourth-order valence-corrected chi connectivity index (χ4v) is 1.40. The molecule has 18 heavy (non-hydrogen) atoms. The number of aromatic nitrogens is 2. The van der Waals surface area contributed by atoms with E-state index in [0.717, 1.165) is 6.07 Å². The van der Waals surface area contributed by atoms with Crippen molar-refractivity contribution >= 4 is 5.91 Å². The molecule has 1 heterocycles. The number of hydrogen-bond donors (Lipinski definition) is 2. The van der Waals surface area contributed by atoms with Crippen LogP contribution in [0.2, 0.25) is 0 Å². The molecule has 1 aromatic carbocycles. The highest BCUT2D eigenvalue weighted by atomic mass is 19.1. The van der Waals surface area contributed by atoms with E-state index >= 15 is 0 Å². The number of halogens is 1. The number of aryl methyl sites for hydroxylation is 1. The lowest BCUT2D eigenvalue weighted by molar-refractivity contribution is 0.0942. The quantitative estimate of drug-likeness (QED) is 0.854. The summed E-state index contributed by atoms with van der Waals surface area (Å²) in [5.74, 6) is -1.31. The fourth-order valence-electron chi connectivity index (χ4n) is 1.40. The maximum absolute atomic E-state index is 13.4. The molecular formula is C11H10FN3O3. The largest absolute Gasteiger partial charge is 0.507 e. The fraction of sp³-hybridized carbons (Fsp3) is 0.182. The molecule has 0 radical (unpaired) electrons.